The van der Waals surface area contributed by atoms with Crippen molar-refractivity contribution in [1.29, 1.82) is 0 Å². The summed E-state index contributed by atoms with van der Waals surface area (Å²) in [5.74, 6) is -1.44. The third-order valence-electron chi connectivity index (χ3n) is 2.12. The van der Waals surface area contributed by atoms with E-state index in [4.69, 9.17) is 5.73 Å². The third kappa shape index (κ3) is 2.10. The van der Waals surface area contributed by atoms with Gasteiger partial charge in [-0.1, -0.05) is 0 Å². The number of aromatic nitrogens is 2. The highest BCUT2D eigenvalue weighted by Crippen LogP contribution is 2.23. The number of halogens is 2. The predicted molar refractivity (Wildman–Crippen MR) is 56.7 cm³/mol. The van der Waals surface area contributed by atoms with Crippen LogP contribution in [-0.2, 0) is 6.54 Å². The largest absolute Gasteiger partial charge is 0.395 e. The Hall–Kier alpha value is -2.11. The molecule has 2 aromatic rings. The summed E-state index contributed by atoms with van der Waals surface area (Å²) in [5, 5.41) is 9.28. The minimum absolute atomic E-state index is 0.0964. The number of anilines is 2. The SMILES string of the molecule is Nc1c(F)cc(F)cc1NCc1ccn[nH]1. The van der Waals surface area contributed by atoms with Crippen LogP contribution >= 0.6 is 0 Å². The van der Waals surface area contributed by atoms with E-state index in [1.807, 2.05) is 0 Å². The Morgan fingerprint density at radius 3 is 2.88 bits per heavy atom. The minimum Gasteiger partial charge on any atom is -0.395 e. The Balaban J connectivity index is 2.15. The molecule has 84 valence electrons. The number of hydrogen-bond donors (Lipinski definition) is 3. The van der Waals surface area contributed by atoms with Crippen LogP contribution in [-0.4, -0.2) is 10.2 Å². The molecule has 1 aromatic carbocycles. The summed E-state index contributed by atoms with van der Waals surface area (Å²) in [7, 11) is 0. The van der Waals surface area contributed by atoms with E-state index in [0.29, 0.717) is 6.54 Å². The van der Waals surface area contributed by atoms with Gasteiger partial charge in [0, 0.05) is 12.3 Å². The van der Waals surface area contributed by atoms with Crippen molar-refractivity contribution in [3.8, 4) is 0 Å². The first-order chi connectivity index (χ1) is 7.66. The van der Waals surface area contributed by atoms with Gasteiger partial charge in [-0.25, -0.2) is 8.78 Å². The molecule has 4 nitrogen and oxygen atoms in total. The van der Waals surface area contributed by atoms with Gasteiger partial charge in [-0.15, -0.1) is 0 Å². The number of nitrogens with zero attached hydrogens (tertiary/aromatic N) is 1. The van der Waals surface area contributed by atoms with Crippen LogP contribution in [0, 0.1) is 11.6 Å². The maximum atomic E-state index is 13.1. The summed E-state index contributed by atoms with van der Waals surface area (Å²) in [4.78, 5) is 0. The molecule has 0 aliphatic rings. The lowest BCUT2D eigenvalue weighted by atomic mass is 10.2. The average Bonchev–Trinajstić information content (AvgIpc) is 2.74. The van der Waals surface area contributed by atoms with Gasteiger partial charge in [0.2, 0.25) is 0 Å². The number of hydrogen-bond acceptors (Lipinski definition) is 3. The van der Waals surface area contributed by atoms with Gasteiger partial charge in [-0.05, 0) is 12.1 Å². The van der Waals surface area contributed by atoms with Crippen molar-refractivity contribution >= 4 is 11.4 Å². The van der Waals surface area contributed by atoms with Crippen LogP contribution < -0.4 is 11.1 Å². The summed E-state index contributed by atoms with van der Waals surface area (Å²) in [6.07, 6.45) is 1.59. The van der Waals surface area contributed by atoms with Crippen LogP contribution in [0.25, 0.3) is 0 Å². The Labute approximate surface area is 90.5 Å². The van der Waals surface area contributed by atoms with E-state index in [1.165, 1.54) is 0 Å². The summed E-state index contributed by atoms with van der Waals surface area (Å²) < 4.78 is 26.0. The molecular weight excluding hydrogens is 214 g/mol. The van der Waals surface area contributed by atoms with Crippen molar-refractivity contribution in [3.05, 3.63) is 41.7 Å². The molecule has 1 heterocycles. The van der Waals surface area contributed by atoms with Gasteiger partial charge in [0.25, 0.3) is 0 Å². The van der Waals surface area contributed by atoms with E-state index in [1.54, 1.807) is 12.3 Å². The molecule has 0 saturated carbocycles. The molecule has 16 heavy (non-hydrogen) atoms. The van der Waals surface area contributed by atoms with E-state index in [9.17, 15) is 8.78 Å². The van der Waals surface area contributed by atoms with Crippen LogP contribution in [0.4, 0.5) is 20.2 Å². The molecular formula is C10H10F2N4. The van der Waals surface area contributed by atoms with Crippen LogP contribution in [0.1, 0.15) is 5.69 Å². The zero-order valence-corrected chi connectivity index (χ0v) is 8.30. The van der Waals surface area contributed by atoms with Crippen molar-refractivity contribution in [2.45, 2.75) is 6.54 Å². The van der Waals surface area contributed by atoms with Gasteiger partial charge >= 0.3 is 0 Å². The Morgan fingerprint density at radius 2 is 2.19 bits per heavy atom. The van der Waals surface area contributed by atoms with Crippen molar-refractivity contribution in [1.82, 2.24) is 10.2 Å². The number of nitrogens with two attached hydrogens (primary N) is 1. The van der Waals surface area contributed by atoms with E-state index in [0.717, 1.165) is 17.8 Å². The van der Waals surface area contributed by atoms with E-state index >= 15 is 0 Å². The first-order valence-corrected chi connectivity index (χ1v) is 4.63. The van der Waals surface area contributed by atoms with Gasteiger partial charge in [0.1, 0.15) is 5.82 Å². The maximum Gasteiger partial charge on any atom is 0.151 e. The quantitative estimate of drug-likeness (QED) is 0.697. The molecule has 0 amide bonds. The molecule has 0 unspecified atom stereocenters. The van der Waals surface area contributed by atoms with Crippen LogP contribution in [0.15, 0.2) is 24.4 Å². The fourth-order valence-electron chi connectivity index (χ4n) is 1.30. The normalized spacial score (nSPS) is 10.4. The van der Waals surface area contributed by atoms with Crippen LogP contribution in [0.2, 0.25) is 0 Å². The summed E-state index contributed by atoms with van der Waals surface area (Å²) in [6.45, 7) is 0.368. The molecule has 6 heteroatoms. The zero-order chi connectivity index (χ0) is 11.5. The lowest BCUT2D eigenvalue weighted by molar-refractivity contribution is 0.587. The number of H-pyrrole nitrogens is 1. The number of benzene rings is 1. The summed E-state index contributed by atoms with van der Waals surface area (Å²) in [5.41, 5.74) is 6.39. The molecule has 4 N–H and O–H groups in total. The molecule has 0 radical (unpaired) electrons. The second kappa shape index (κ2) is 4.18. The van der Waals surface area contributed by atoms with Gasteiger partial charge in [-0.2, -0.15) is 5.10 Å². The molecule has 0 bridgehead atoms. The van der Waals surface area contributed by atoms with Gasteiger partial charge in [0.15, 0.2) is 5.82 Å². The van der Waals surface area contributed by atoms with E-state index < -0.39 is 11.6 Å². The number of aromatic amines is 1. The molecule has 0 fully saturated rings. The molecule has 2 rings (SSSR count). The zero-order valence-electron chi connectivity index (χ0n) is 8.30. The van der Waals surface area contributed by atoms with Gasteiger partial charge < -0.3 is 11.1 Å². The van der Waals surface area contributed by atoms with Crippen molar-refractivity contribution < 1.29 is 8.78 Å². The monoisotopic (exact) mass is 224 g/mol. The number of nitrogen functional groups attached to an aromatic ring is 1. The van der Waals surface area contributed by atoms with Gasteiger partial charge in [-0.3, -0.25) is 5.10 Å². The van der Waals surface area contributed by atoms with E-state index in [-0.39, 0.29) is 11.4 Å². The molecule has 1 aromatic heterocycles. The van der Waals surface area contributed by atoms with Gasteiger partial charge in [0.05, 0.1) is 23.6 Å². The molecule has 0 spiro atoms. The molecule has 0 aliphatic carbocycles. The topological polar surface area (TPSA) is 66.7 Å². The first-order valence-electron chi connectivity index (χ1n) is 4.63. The van der Waals surface area contributed by atoms with Crippen molar-refractivity contribution in [3.63, 3.8) is 0 Å². The van der Waals surface area contributed by atoms with Crippen LogP contribution in [0.3, 0.4) is 0 Å². The third-order valence-corrected chi connectivity index (χ3v) is 2.12. The number of nitrogens with one attached hydrogen (secondary N) is 2. The second-order valence-electron chi connectivity index (χ2n) is 3.28. The Kier molecular flexibility index (Phi) is 2.72. The molecule has 0 aliphatic heterocycles. The highest BCUT2D eigenvalue weighted by molar-refractivity contribution is 5.66. The summed E-state index contributed by atoms with van der Waals surface area (Å²) >= 11 is 0. The fourth-order valence-corrected chi connectivity index (χ4v) is 1.30. The Bertz CT molecular complexity index is 482. The maximum absolute atomic E-state index is 13.1. The highest BCUT2D eigenvalue weighted by atomic mass is 19.1. The minimum atomic E-state index is -0.771. The predicted octanol–water partition coefficient (Wildman–Crippen LogP) is 1.88. The second-order valence-corrected chi connectivity index (χ2v) is 3.28. The first kappa shape index (κ1) is 10.4. The lowest BCUT2D eigenvalue weighted by Gasteiger charge is -2.09. The lowest BCUT2D eigenvalue weighted by Crippen LogP contribution is -2.05. The molecule has 0 saturated heterocycles. The molecule has 0 atom stereocenters. The average molecular weight is 224 g/mol. The Morgan fingerprint density at radius 1 is 1.38 bits per heavy atom. The standard InChI is InChI=1S/C10H10F2N4/c11-6-3-8(12)10(13)9(4-6)14-5-7-1-2-15-16-7/h1-4,14H,5,13H2,(H,15,16). The van der Waals surface area contributed by atoms with E-state index in [2.05, 4.69) is 15.5 Å². The van der Waals surface area contributed by atoms with Crippen molar-refractivity contribution in [2.75, 3.05) is 11.1 Å². The van der Waals surface area contributed by atoms with Crippen molar-refractivity contribution in [2.24, 2.45) is 0 Å². The fraction of sp³-hybridized carbons (Fsp3) is 0.100. The smallest absolute Gasteiger partial charge is 0.151 e. The number of rotatable bonds is 3. The highest BCUT2D eigenvalue weighted by Gasteiger charge is 2.07. The summed E-state index contributed by atoms with van der Waals surface area (Å²) in [6, 6.07) is 3.64. The van der Waals surface area contributed by atoms with Crippen LogP contribution in [0.5, 0.6) is 0 Å².